The van der Waals surface area contributed by atoms with Crippen LogP contribution in [0.4, 0.5) is 4.79 Å². The van der Waals surface area contributed by atoms with Crippen molar-refractivity contribution in [3.8, 4) is 0 Å². The number of rotatable bonds is 1. The Morgan fingerprint density at radius 3 is 2.62 bits per heavy atom. The molecule has 86 valence electrons. The number of carbonyl (C=O) groups excluding carboxylic acids is 1. The maximum absolute atomic E-state index is 11.4. The SMILES string of the molecule is CN1CCN(C(=O)Cl)[C@@H](c2ccccc2)C1. The Bertz CT molecular complexity index is 369. The second-order valence-electron chi connectivity index (χ2n) is 4.14. The van der Waals surface area contributed by atoms with Gasteiger partial charge >= 0.3 is 5.37 Å². The van der Waals surface area contributed by atoms with Gasteiger partial charge < -0.3 is 9.80 Å². The van der Waals surface area contributed by atoms with Gasteiger partial charge in [0.25, 0.3) is 0 Å². The van der Waals surface area contributed by atoms with Gasteiger partial charge in [-0.2, -0.15) is 0 Å². The molecule has 1 heterocycles. The summed E-state index contributed by atoms with van der Waals surface area (Å²) < 4.78 is 0. The predicted molar refractivity (Wildman–Crippen MR) is 64.6 cm³/mol. The summed E-state index contributed by atoms with van der Waals surface area (Å²) in [5.74, 6) is 0. The van der Waals surface area contributed by atoms with Crippen LogP contribution in [0.1, 0.15) is 11.6 Å². The van der Waals surface area contributed by atoms with Crippen molar-refractivity contribution >= 4 is 17.0 Å². The molecule has 1 aromatic rings. The van der Waals surface area contributed by atoms with Crippen LogP contribution in [0.25, 0.3) is 0 Å². The van der Waals surface area contributed by atoms with Crippen LogP contribution >= 0.6 is 11.6 Å². The zero-order chi connectivity index (χ0) is 11.5. The Balaban J connectivity index is 2.24. The molecule has 0 spiro atoms. The van der Waals surface area contributed by atoms with Crippen molar-refractivity contribution in [2.24, 2.45) is 0 Å². The number of halogens is 1. The van der Waals surface area contributed by atoms with E-state index < -0.39 is 0 Å². The molecule has 4 heteroatoms. The van der Waals surface area contributed by atoms with Gasteiger partial charge in [0.15, 0.2) is 0 Å². The minimum atomic E-state index is -0.359. The monoisotopic (exact) mass is 238 g/mol. The number of nitrogens with zero attached hydrogens (tertiary/aromatic N) is 2. The number of benzene rings is 1. The fourth-order valence-electron chi connectivity index (χ4n) is 2.09. The molecule has 16 heavy (non-hydrogen) atoms. The second-order valence-corrected chi connectivity index (χ2v) is 4.46. The first-order valence-electron chi connectivity index (χ1n) is 5.38. The van der Waals surface area contributed by atoms with Crippen LogP contribution in [0.3, 0.4) is 0 Å². The van der Waals surface area contributed by atoms with Gasteiger partial charge in [-0.05, 0) is 24.2 Å². The maximum atomic E-state index is 11.4. The highest BCUT2D eigenvalue weighted by Crippen LogP contribution is 2.25. The van der Waals surface area contributed by atoms with Crippen LogP contribution in [-0.4, -0.2) is 41.8 Å². The number of piperazine rings is 1. The Hall–Kier alpha value is -1.06. The summed E-state index contributed by atoms with van der Waals surface area (Å²) in [5.41, 5.74) is 1.14. The molecule has 0 aliphatic carbocycles. The Morgan fingerprint density at radius 2 is 2.00 bits per heavy atom. The molecule has 3 nitrogen and oxygen atoms in total. The lowest BCUT2D eigenvalue weighted by molar-refractivity contribution is 0.122. The Labute approximate surface area is 101 Å². The van der Waals surface area contributed by atoms with Crippen molar-refractivity contribution in [2.45, 2.75) is 6.04 Å². The van der Waals surface area contributed by atoms with Crippen LogP contribution in [-0.2, 0) is 0 Å². The van der Waals surface area contributed by atoms with Gasteiger partial charge in [0.2, 0.25) is 0 Å². The maximum Gasteiger partial charge on any atom is 0.316 e. The quantitative estimate of drug-likeness (QED) is 0.554. The topological polar surface area (TPSA) is 23.6 Å². The summed E-state index contributed by atoms with van der Waals surface area (Å²) in [5, 5.41) is -0.359. The van der Waals surface area contributed by atoms with Gasteiger partial charge in [0, 0.05) is 19.6 Å². The first kappa shape index (κ1) is 11.4. The molecular weight excluding hydrogens is 224 g/mol. The van der Waals surface area contributed by atoms with E-state index in [1.807, 2.05) is 30.3 Å². The van der Waals surface area contributed by atoms with Crippen LogP contribution < -0.4 is 0 Å². The molecule has 0 radical (unpaired) electrons. The molecule has 1 saturated heterocycles. The summed E-state index contributed by atoms with van der Waals surface area (Å²) in [7, 11) is 2.06. The normalized spacial score (nSPS) is 22.1. The first-order valence-corrected chi connectivity index (χ1v) is 5.76. The molecule has 0 saturated carbocycles. The largest absolute Gasteiger partial charge is 0.320 e. The number of hydrogen-bond donors (Lipinski definition) is 0. The molecule has 1 aromatic carbocycles. The third kappa shape index (κ3) is 2.36. The van der Waals surface area contributed by atoms with E-state index >= 15 is 0 Å². The van der Waals surface area contributed by atoms with E-state index in [1.165, 1.54) is 0 Å². The molecule has 0 unspecified atom stereocenters. The van der Waals surface area contributed by atoms with Gasteiger partial charge in [0.05, 0.1) is 6.04 Å². The second kappa shape index (κ2) is 4.85. The van der Waals surface area contributed by atoms with Crippen molar-refractivity contribution in [1.82, 2.24) is 9.80 Å². The van der Waals surface area contributed by atoms with E-state index in [0.29, 0.717) is 6.54 Å². The molecule has 0 N–H and O–H groups in total. The fourth-order valence-corrected chi connectivity index (χ4v) is 2.29. The highest BCUT2D eigenvalue weighted by Gasteiger charge is 2.28. The van der Waals surface area contributed by atoms with E-state index in [0.717, 1.165) is 18.7 Å². The molecule has 2 rings (SSSR count). The highest BCUT2D eigenvalue weighted by atomic mass is 35.5. The van der Waals surface area contributed by atoms with Crippen molar-refractivity contribution in [3.05, 3.63) is 35.9 Å². The lowest BCUT2D eigenvalue weighted by atomic mass is 10.0. The number of amides is 1. The molecule has 0 aromatic heterocycles. The Morgan fingerprint density at radius 1 is 1.31 bits per heavy atom. The van der Waals surface area contributed by atoms with Crippen molar-refractivity contribution < 1.29 is 4.79 Å². The summed E-state index contributed by atoms with van der Waals surface area (Å²) in [4.78, 5) is 15.3. The van der Waals surface area contributed by atoms with E-state index in [4.69, 9.17) is 11.6 Å². The molecule has 0 bridgehead atoms. The lowest BCUT2D eigenvalue weighted by Gasteiger charge is -2.39. The van der Waals surface area contributed by atoms with Gasteiger partial charge in [0.1, 0.15) is 0 Å². The summed E-state index contributed by atoms with van der Waals surface area (Å²) in [6, 6.07) is 10.1. The van der Waals surface area contributed by atoms with Crippen molar-refractivity contribution in [2.75, 3.05) is 26.7 Å². The van der Waals surface area contributed by atoms with E-state index in [1.54, 1.807) is 4.90 Å². The van der Waals surface area contributed by atoms with Crippen molar-refractivity contribution in [1.29, 1.82) is 0 Å². The summed E-state index contributed by atoms with van der Waals surface area (Å²) in [6.45, 7) is 2.41. The number of carbonyl (C=O) groups is 1. The zero-order valence-corrected chi connectivity index (χ0v) is 10.0. The van der Waals surface area contributed by atoms with Crippen LogP contribution in [0.2, 0.25) is 0 Å². The minimum absolute atomic E-state index is 0.0740. The lowest BCUT2D eigenvalue weighted by Crippen LogP contribution is -2.47. The van der Waals surface area contributed by atoms with Gasteiger partial charge in [-0.1, -0.05) is 30.3 Å². The molecular formula is C12H15ClN2O. The summed E-state index contributed by atoms with van der Waals surface area (Å²) in [6.07, 6.45) is 0. The average molecular weight is 239 g/mol. The molecule has 1 atom stereocenters. The predicted octanol–water partition coefficient (Wildman–Crippen LogP) is 2.33. The van der Waals surface area contributed by atoms with Crippen LogP contribution in [0.15, 0.2) is 30.3 Å². The van der Waals surface area contributed by atoms with Crippen LogP contribution in [0, 0.1) is 0 Å². The van der Waals surface area contributed by atoms with Gasteiger partial charge in [-0.25, -0.2) is 0 Å². The van der Waals surface area contributed by atoms with E-state index in [-0.39, 0.29) is 11.4 Å². The standard InChI is InChI=1S/C12H15ClN2O/c1-14-7-8-15(12(13)16)11(9-14)10-5-3-2-4-6-10/h2-6,11H,7-9H2,1H3/t11-/m1/s1. The van der Waals surface area contributed by atoms with E-state index in [9.17, 15) is 4.79 Å². The van der Waals surface area contributed by atoms with Crippen LogP contribution in [0.5, 0.6) is 0 Å². The molecule has 1 aliphatic heterocycles. The van der Waals surface area contributed by atoms with E-state index in [2.05, 4.69) is 11.9 Å². The molecule has 1 amide bonds. The number of likely N-dealkylation sites (N-methyl/N-ethyl adjacent to an activating group) is 1. The smallest absolute Gasteiger partial charge is 0.316 e. The van der Waals surface area contributed by atoms with Crippen molar-refractivity contribution in [3.63, 3.8) is 0 Å². The zero-order valence-electron chi connectivity index (χ0n) is 9.27. The van der Waals surface area contributed by atoms with Gasteiger partial charge in [-0.3, -0.25) is 4.79 Å². The summed E-state index contributed by atoms with van der Waals surface area (Å²) >= 11 is 5.62. The minimum Gasteiger partial charge on any atom is -0.320 e. The first-order chi connectivity index (χ1) is 7.68. The van der Waals surface area contributed by atoms with Gasteiger partial charge in [-0.15, -0.1) is 0 Å². The number of hydrogen-bond acceptors (Lipinski definition) is 2. The third-order valence-corrected chi connectivity index (χ3v) is 3.21. The molecule has 1 aliphatic rings. The highest BCUT2D eigenvalue weighted by molar-refractivity contribution is 6.62. The average Bonchev–Trinajstić information content (AvgIpc) is 2.29. The fraction of sp³-hybridized carbons (Fsp3) is 0.417. The Kier molecular flexibility index (Phi) is 3.46. The molecule has 1 fully saturated rings. The third-order valence-electron chi connectivity index (χ3n) is 2.99.